The van der Waals surface area contributed by atoms with Gasteiger partial charge in [-0.1, -0.05) is 151 Å². The van der Waals surface area contributed by atoms with Crippen molar-refractivity contribution in [3.05, 3.63) is 315 Å². The minimum atomic E-state index is -0.395. The van der Waals surface area contributed by atoms with Gasteiger partial charge in [-0.3, -0.25) is 44.4 Å². The summed E-state index contributed by atoms with van der Waals surface area (Å²) in [7, 11) is 1.57. The van der Waals surface area contributed by atoms with E-state index in [1.54, 1.807) is 102 Å². The maximum absolute atomic E-state index is 12.9. The summed E-state index contributed by atoms with van der Waals surface area (Å²) in [5.41, 5.74) is 13.9. The molecule has 8 heterocycles. The average molecular weight is 1620 g/mol. The molecule has 29 nitrogen and oxygen atoms in total. The topological polar surface area (TPSA) is 366 Å². The van der Waals surface area contributed by atoms with Gasteiger partial charge >= 0.3 is 28.2 Å². The van der Waals surface area contributed by atoms with Crippen molar-refractivity contribution < 1.29 is 19.1 Å². The molecule has 8 aromatic heterocycles. The summed E-state index contributed by atoms with van der Waals surface area (Å²) < 4.78 is 15.8. The summed E-state index contributed by atoms with van der Waals surface area (Å²) in [4.78, 5) is 92.3. The maximum atomic E-state index is 12.9. The van der Waals surface area contributed by atoms with Crippen LogP contribution in [0.5, 0.6) is 5.75 Å². The number of benzene rings is 8. The Kier molecular flexibility index (Phi) is 25.5. The Morgan fingerprint density at radius 3 is 1.01 bits per heavy atom. The van der Waals surface area contributed by atoms with E-state index in [1.807, 2.05) is 186 Å². The Balaban J connectivity index is 0.000000135. The molecule has 116 heavy (non-hydrogen) atoms. The number of nitrogens with one attached hydrogen (secondary N) is 5. The summed E-state index contributed by atoms with van der Waals surface area (Å²) in [6, 6.07) is 67.5. The molecule has 33 heteroatoms. The number of para-hydroxylation sites is 1. The highest BCUT2D eigenvalue weighted by atomic mass is 32.1. The molecule has 580 valence electrons. The molecule has 0 unspecified atom stereocenters. The van der Waals surface area contributed by atoms with Crippen LogP contribution in [0.2, 0.25) is 0 Å². The van der Waals surface area contributed by atoms with Gasteiger partial charge in [0.05, 0.1) is 81.9 Å². The van der Waals surface area contributed by atoms with Gasteiger partial charge in [0.25, 0.3) is 0 Å². The maximum Gasteiger partial charge on any atom is 0.338 e. The third-order valence-corrected chi connectivity index (χ3v) is 20.2. The second-order valence-electron chi connectivity index (χ2n) is 25.2. The molecule has 0 radical (unpaired) electrons. The second kappa shape index (κ2) is 37.2. The highest BCUT2D eigenvalue weighted by Gasteiger charge is 2.21. The van der Waals surface area contributed by atoms with E-state index in [-0.39, 0.29) is 50.9 Å². The van der Waals surface area contributed by atoms with E-state index in [1.165, 1.54) is 71.0 Å². The van der Waals surface area contributed by atoms with E-state index in [9.17, 15) is 28.8 Å². The quantitative estimate of drug-likeness (QED) is 0.0351. The lowest BCUT2D eigenvalue weighted by Crippen LogP contribution is -2.13. The number of nitrogens with zero attached hydrogens (tertiary/aromatic N) is 16. The molecule has 0 aliphatic carbocycles. The van der Waals surface area contributed by atoms with E-state index < -0.39 is 5.97 Å². The van der Waals surface area contributed by atoms with Crippen molar-refractivity contribution in [2.75, 3.05) is 19.0 Å². The van der Waals surface area contributed by atoms with Crippen LogP contribution in [0.1, 0.15) is 52.5 Å². The van der Waals surface area contributed by atoms with E-state index >= 15 is 0 Å². The number of aryl methyl sites for hydroxylation is 5. The Labute approximate surface area is 677 Å². The number of rotatable bonds is 20. The molecule has 0 aliphatic rings. The molecule has 0 aliphatic heterocycles. The fourth-order valence-corrected chi connectivity index (χ4v) is 14.2. The molecule has 0 atom stereocenters. The number of thiazole rings is 4. The first-order valence-corrected chi connectivity index (χ1v) is 39.2. The van der Waals surface area contributed by atoms with Crippen LogP contribution in [0.4, 0.5) is 51.2 Å². The van der Waals surface area contributed by atoms with E-state index in [2.05, 4.69) is 86.6 Å². The van der Waals surface area contributed by atoms with Crippen molar-refractivity contribution >= 4 is 108 Å². The van der Waals surface area contributed by atoms with Gasteiger partial charge in [0.15, 0.2) is 22.7 Å². The highest BCUT2D eigenvalue weighted by molar-refractivity contribution is 7.13. The molecule has 0 saturated carbocycles. The highest BCUT2D eigenvalue weighted by Crippen LogP contribution is 2.33. The number of aromatic nitrogens is 12. The number of methoxy groups -OCH3 is 1. The predicted octanol–water partition coefficient (Wildman–Crippen LogP) is 20.5. The van der Waals surface area contributed by atoms with Crippen molar-refractivity contribution in [2.24, 2.45) is 40.9 Å². The number of azo groups is 4. The van der Waals surface area contributed by atoms with Crippen LogP contribution in [-0.2, 0) is 9.53 Å². The number of hydrogen-bond acceptors (Lipinski definition) is 24. The zero-order chi connectivity index (χ0) is 81.2. The van der Waals surface area contributed by atoms with Gasteiger partial charge in [-0.15, -0.1) is 70.9 Å². The first-order chi connectivity index (χ1) is 56.4. The van der Waals surface area contributed by atoms with Crippen LogP contribution < -0.4 is 32.3 Å². The van der Waals surface area contributed by atoms with Gasteiger partial charge in [0, 0.05) is 56.4 Å². The predicted molar refractivity (Wildman–Crippen MR) is 453 cm³/mol. The number of H-pyrrole nitrogens is 4. The Hall–Kier alpha value is -14.5. The SMILES string of the molecule is CC(=O)Nc1ccc(N=Nc2c(C)[nH]n(-c3nc(-c4ccccc4)cs3)c2=O)cc1.CCOC(=O)c1ccc(N=Nc2c(C)[nH]n(-c3nc(-c4ccccc4)cs3)c2=O)cc1.COc1ccccc1N=Nc1c(C)[nH]n(-c2nc(-c3ccccc3)cs2)c1=O.Cc1ccc(N=Nc2c(C)[nH]n(-c3nc(-c4ccccc4)cs3)c2=O)cc1. The summed E-state index contributed by atoms with van der Waals surface area (Å²) in [6.07, 6.45) is 0. The van der Waals surface area contributed by atoms with Crippen molar-refractivity contribution in [1.82, 2.24) is 59.1 Å². The standard InChI is InChI=1S/C22H19N5O3S.C21H18N6O2S.C20H17N5O2S.C20H17N5OS/c1-3-30-21(29)16-9-11-17(12-10-16)24-25-19-14(2)26-27(20(19)28)22-23-18(13-31-22)15-7-5-4-6-8-15;1-13-19(25-24-17-10-8-16(9-11-17)22-14(2)28)20(29)27(26-13)21-23-18(12-30-21)15-6-4-3-5-7-15;1-13-18(23-22-15-10-6-7-11-17(15)27-2)19(26)25(24-13)20-21-16(12-28-20)14-8-4-3-5-9-14;1-13-8-10-16(11-9-13)22-23-18-14(2)24-25(19(18)26)20-21-17(12-27-20)15-6-4-3-5-7-15/h4-13,26H,3H2,1-2H3;3-12,26H,1-2H3,(H,22,28);3-12,24H,1-2H3;3-12,24H,1-2H3. The number of hydrogen-bond donors (Lipinski definition) is 5. The summed E-state index contributed by atoms with van der Waals surface area (Å²) in [6.45, 7) is 12.6. The van der Waals surface area contributed by atoms with Gasteiger partial charge in [0.2, 0.25) is 26.4 Å². The Bertz CT molecular complexity index is 6460. The van der Waals surface area contributed by atoms with Gasteiger partial charge in [0.1, 0.15) is 11.4 Å². The molecule has 16 rings (SSSR count). The number of esters is 1. The molecule has 1 amide bonds. The van der Waals surface area contributed by atoms with Crippen molar-refractivity contribution in [3.8, 4) is 71.3 Å². The Morgan fingerprint density at radius 1 is 0.388 bits per heavy atom. The normalized spacial score (nSPS) is 11.2. The lowest BCUT2D eigenvalue weighted by Gasteiger charge is -2.01. The second-order valence-corrected chi connectivity index (χ2v) is 28.6. The minimum absolute atomic E-state index is 0.148. The van der Waals surface area contributed by atoms with Crippen LogP contribution in [0.15, 0.2) is 300 Å². The zero-order valence-electron chi connectivity index (χ0n) is 63.4. The van der Waals surface area contributed by atoms with E-state index in [0.29, 0.717) is 89.7 Å². The van der Waals surface area contributed by atoms with Gasteiger partial charge in [-0.25, -0.2) is 24.7 Å². The van der Waals surface area contributed by atoms with Crippen LogP contribution in [-0.4, -0.2) is 84.7 Å². The summed E-state index contributed by atoms with van der Waals surface area (Å²) >= 11 is 5.51. The number of carbonyl (C=O) groups excluding carboxylic acids is 2. The molecule has 5 N–H and O–H groups in total. The van der Waals surface area contributed by atoms with Gasteiger partial charge in [-0.2, -0.15) is 34.1 Å². The smallest absolute Gasteiger partial charge is 0.338 e. The molecule has 0 fully saturated rings. The molecular weight excluding hydrogens is 1550 g/mol. The third kappa shape index (κ3) is 19.3. The van der Waals surface area contributed by atoms with E-state index in [0.717, 1.165) is 50.6 Å². The molecule has 8 aromatic carbocycles. The zero-order valence-corrected chi connectivity index (χ0v) is 66.6. The van der Waals surface area contributed by atoms with Crippen molar-refractivity contribution in [2.45, 2.75) is 48.5 Å². The first-order valence-electron chi connectivity index (χ1n) is 35.7. The molecule has 0 saturated heterocycles. The number of amides is 1. The number of aromatic amines is 4. The summed E-state index contributed by atoms with van der Waals surface area (Å²) in [5.74, 6) is 0.0475. The van der Waals surface area contributed by atoms with Crippen molar-refractivity contribution in [3.63, 3.8) is 0 Å². The fraction of sp³-hybridized carbons (Fsp3) is 0.108. The fourth-order valence-electron chi connectivity index (χ4n) is 11.0. The number of anilines is 1. The van der Waals surface area contributed by atoms with Crippen LogP contribution in [0.3, 0.4) is 0 Å². The third-order valence-electron chi connectivity index (χ3n) is 16.9. The van der Waals surface area contributed by atoms with E-state index in [4.69, 9.17) is 9.47 Å². The van der Waals surface area contributed by atoms with Gasteiger partial charge in [-0.05, 0) is 114 Å². The molecule has 16 aromatic rings. The van der Waals surface area contributed by atoms with Gasteiger partial charge < -0.3 is 14.8 Å². The molecule has 0 bridgehead atoms. The number of ether oxygens (including phenoxy) is 2. The minimum Gasteiger partial charge on any atom is -0.494 e. The molecular formula is C83H71N21O8S4. The first kappa shape index (κ1) is 79.5. The molecule has 0 spiro atoms. The lowest BCUT2D eigenvalue weighted by molar-refractivity contribution is -0.114. The van der Waals surface area contributed by atoms with Crippen LogP contribution >= 0.6 is 45.3 Å². The Morgan fingerprint density at radius 2 is 0.690 bits per heavy atom. The van der Waals surface area contributed by atoms with Crippen LogP contribution in [0.25, 0.3) is 65.6 Å². The summed E-state index contributed by atoms with van der Waals surface area (Å²) in [5, 5.41) is 57.8. The average Bonchev–Trinajstić information content (AvgIpc) is 1.66. The lowest BCUT2D eigenvalue weighted by atomic mass is 10.2. The largest absolute Gasteiger partial charge is 0.494 e. The monoisotopic (exact) mass is 1620 g/mol. The van der Waals surface area contributed by atoms with Crippen LogP contribution in [0, 0.1) is 34.6 Å². The number of carbonyl (C=O) groups is 2. The van der Waals surface area contributed by atoms with Crippen molar-refractivity contribution in [1.29, 1.82) is 0 Å².